The summed E-state index contributed by atoms with van der Waals surface area (Å²) in [5.74, 6) is 1.77. The Hall–Kier alpha value is -1.26. The predicted molar refractivity (Wildman–Crippen MR) is 84.0 cm³/mol. The van der Waals surface area contributed by atoms with Gasteiger partial charge in [-0.05, 0) is 38.3 Å². The van der Waals surface area contributed by atoms with E-state index in [9.17, 15) is 0 Å². The Labute approximate surface area is 127 Å². The zero-order valence-corrected chi connectivity index (χ0v) is 13.1. The molecule has 21 heavy (non-hydrogen) atoms. The predicted octanol–water partition coefficient (Wildman–Crippen LogP) is 2.42. The summed E-state index contributed by atoms with van der Waals surface area (Å²) < 4.78 is 10.8. The second-order valence-electron chi connectivity index (χ2n) is 6.19. The fraction of sp³-hybridized carbons (Fsp3) is 0.647. The molecule has 4 heteroatoms. The summed E-state index contributed by atoms with van der Waals surface area (Å²) >= 11 is 0. The van der Waals surface area contributed by atoms with Crippen molar-refractivity contribution in [1.82, 2.24) is 10.2 Å². The van der Waals surface area contributed by atoms with Crippen LogP contribution in [0.3, 0.4) is 0 Å². The lowest BCUT2D eigenvalue weighted by Crippen LogP contribution is -2.46. The highest BCUT2D eigenvalue weighted by Gasteiger charge is 2.27. The first-order chi connectivity index (χ1) is 10.3. The number of rotatable bonds is 6. The highest BCUT2D eigenvalue weighted by molar-refractivity contribution is 5.40. The molecule has 2 aliphatic rings. The molecule has 0 aromatic heterocycles. The van der Waals surface area contributed by atoms with E-state index in [4.69, 9.17) is 9.47 Å². The summed E-state index contributed by atoms with van der Waals surface area (Å²) in [5, 5.41) is 3.76. The van der Waals surface area contributed by atoms with Crippen LogP contribution < -0.4 is 14.8 Å². The molecule has 0 bridgehead atoms. The van der Waals surface area contributed by atoms with Crippen LogP contribution in [0.15, 0.2) is 18.2 Å². The minimum atomic E-state index is 0.662. The molecule has 1 aliphatic carbocycles. The maximum atomic E-state index is 5.51. The molecule has 1 heterocycles. The Kier molecular flexibility index (Phi) is 4.66. The van der Waals surface area contributed by atoms with Gasteiger partial charge in [0.25, 0.3) is 0 Å². The smallest absolute Gasteiger partial charge is 0.127 e. The standard InChI is InChI=1S/C17H26N2O2/c1-20-16-8-5-13(17(10-16)21-2)11-19-9-3-4-15(12-19)18-14-6-7-14/h5,8,10,14-15,18H,3-4,6-7,9,11-12H2,1-2H3. The van der Waals surface area contributed by atoms with Gasteiger partial charge in [0.1, 0.15) is 11.5 Å². The quantitative estimate of drug-likeness (QED) is 0.872. The van der Waals surface area contributed by atoms with Crippen molar-refractivity contribution >= 4 is 0 Å². The Bertz CT molecular complexity index is 474. The second kappa shape index (κ2) is 6.67. The van der Waals surface area contributed by atoms with Crippen LogP contribution in [-0.2, 0) is 6.54 Å². The first-order valence-electron chi connectivity index (χ1n) is 7.98. The van der Waals surface area contributed by atoms with E-state index in [1.807, 2.05) is 12.1 Å². The van der Waals surface area contributed by atoms with Gasteiger partial charge in [0.05, 0.1) is 14.2 Å². The number of nitrogens with one attached hydrogen (secondary N) is 1. The monoisotopic (exact) mass is 290 g/mol. The van der Waals surface area contributed by atoms with Gasteiger partial charge in [-0.25, -0.2) is 0 Å². The molecule has 0 spiro atoms. The van der Waals surface area contributed by atoms with Gasteiger partial charge in [-0.1, -0.05) is 6.07 Å². The van der Waals surface area contributed by atoms with Crippen molar-refractivity contribution in [3.8, 4) is 11.5 Å². The third-order valence-corrected chi connectivity index (χ3v) is 4.44. The van der Waals surface area contributed by atoms with Crippen molar-refractivity contribution in [2.75, 3.05) is 27.3 Å². The molecular weight excluding hydrogens is 264 g/mol. The third-order valence-electron chi connectivity index (χ3n) is 4.44. The lowest BCUT2D eigenvalue weighted by atomic mass is 10.0. The highest BCUT2D eigenvalue weighted by Crippen LogP contribution is 2.27. The Balaban J connectivity index is 1.62. The molecule has 116 valence electrons. The zero-order chi connectivity index (χ0) is 14.7. The molecule has 3 rings (SSSR count). The Morgan fingerprint density at radius 3 is 2.71 bits per heavy atom. The first-order valence-corrected chi connectivity index (χ1v) is 7.98. The van der Waals surface area contributed by atoms with Gasteiger partial charge in [0.2, 0.25) is 0 Å². The van der Waals surface area contributed by atoms with Crippen LogP contribution in [0.2, 0.25) is 0 Å². The van der Waals surface area contributed by atoms with Crippen LogP contribution in [0.1, 0.15) is 31.2 Å². The van der Waals surface area contributed by atoms with Crippen molar-refractivity contribution < 1.29 is 9.47 Å². The number of piperidine rings is 1. The van der Waals surface area contributed by atoms with Crippen LogP contribution in [-0.4, -0.2) is 44.3 Å². The average molecular weight is 290 g/mol. The molecule has 1 aromatic carbocycles. The van der Waals surface area contributed by atoms with Crippen molar-refractivity contribution in [3.63, 3.8) is 0 Å². The summed E-state index contributed by atoms with van der Waals surface area (Å²) in [7, 11) is 3.42. The minimum absolute atomic E-state index is 0.662. The lowest BCUT2D eigenvalue weighted by molar-refractivity contribution is 0.181. The molecule has 2 fully saturated rings. The van der Waals surface area contributed by atoms with E-state index in [0.29, 0.717) is 6.04 Å². The third kappa shape index (κ3) is 3.89. The first kappa shape index (κ1) is 14.7. The highest BCUT2D eigenvalue weighted by atomic mass is 16.5. The number of hydrogen-bond donors (Lipinski definition) is 1. The van der Waals surface area contributed by atoms with E-state index in [1.165, 1.54) is 37.8 Å². The Morgan fingerprint density at radius 2 is 2.00 bits per heavy atom. The summed E-state index contributed by atoms with van der Waals surface area (Å²) in [5.41, 5.74) is 1.24. The molecule has 1 saturated heterocycles. The molecule has 1 aliphatic heterocycles. The molecule has 1 aromatic rings. The number of benzene rings is 1. The maximum absolute atomic E-state index is 5.51. The second-order valence-corrected chi connectivity index (χ2v) is 6.19. The largest absolute Gasteiger partial charge is 0.497 e. The van der Waals surface area contributed by atoms with Gasteiger partial charge in [-0.15, -0.1) is 0 Å². The van der Waals surface area contributed by atoms with Crippen molar-refractivity contribution in [2.24, 2.45) is 0 Å². The van der Waals surface area contributed by atoms with Gasteiger partial charge in [0.15, 0.2) is 0 Å². The number of methoxy groups -OCH3 is 2. The summed E-state index contributed by atoms with van der Waals surface area (Å²) in [6.07, 6.45) is 5.32. The molecular formula is C17H26N2O2. The summed E-state index contributed by atoms with van der Waals surface area (Å²) in [6.45, 7) is 3.28. The number of hydrogen-bond acceptors (Lipinski definition) is 4. The van der Waals surface area contributed by atoms with Crippen LogP contribution >= 0.6 is 0 Å². The van der Waals surface area contributed by atoms with Gasteiger partial charge in [-0.3, -0.25) is 4.90 Å². The normalized spacial score (nSPS) is 23.0. The number of ether oxygens (including phenoxy) is 2. The molecule has 4 nitrogen and oxygen atoms in total. The van der Waals surface area contributed by atoms with Crippen LogP contribution in [0.5, 0.6) is 11.5 Å². The molecule has 1 atom stereocenters. The van der Waals surface area contributed by atoms with Crippen LogP contribution in [0.4, 0.5) is 0 Å². The van der Waals surface area contributed by atoms with E-state index in [0.717, 1.165) is 30.6 Å². The van der Waals surface area contributed by atoms with Crippen molar-refractivity contribution in [3.05, 3.63) is 23.8 Å². The lowest BCUT2D eigenvalue weighted by Gasteiger charge is -2.33. The fourth-order valence-corrected chi connectivity index (χ4v) is 3.14. The van der Waals surface area contributed by atoms with Crippen LogP contribution in [0.25, 0.3) is 0 Å². The summed E-state index contributed by atoms with van der Waals surface area (Å²) in [4.78, 5) is 2.54. The fourth-order valence-electron chi connectivity index (χ4n) is 3.14. The maximum Gasteiger partial charge on any atom is 0.127 e. The van der Waals surface area contributed by atoms with Gasteiger partial charge in [0, 0.05) is 36.8 Å². The van der Waals surface area contributed by atoms with Crippen LogP contribution in [0, 0.1) is 0 Å². The van der Waals surface area contributed by atoms with E-state index >= 15 is 0 Å². The van der Waals surface area contributed by atoms with Crippen molar-refractivity contribution in [2.45, 2.75) is 44.3 Å². The van der Waals surface area contributed by atoms with Gasteiger partial charge in [-0.2, -0.15) is 0 Å². The van der Waals surface area contributed by atoms with Crippen molar-refractivity contribution in [1.29, 1.82) is 0 Å². The van der Waals surface area contributed by atoms with Gasteiger partial charge < -0.3 is 14.8 Å². The molecule has 0 amide bonds. The molecule has 0 radical (unpaired) electrons. The van der Waals surface area contributed by atoms with E-state index in [-0.39, 0.29) is 0 Å². The van der Waals surface area contributed by atoms with E-state index in [1.54, 1.807) is 14.2 Å². The Morgan fingerprint density at radius 1 is 1.14 bits per heavy atom. The zero-order valence-electron chi connectivity index (χ0n) is 13.1. The SMILES string of the molecule is COc1ccc(CN2CCCC(NC3CC3)C2)c(OC)c1. The number of likely N-dealkylation sites (tertiary alicyclic amines) is 1. The summed E-state index contributed by atoms with van der Waals surface area (Å²) in [6, 6.07) is 7.57. The molecule has 1 saturated carbocycles. The van der Waals surface area contributed by atoms with E-state index in [2.05, 4.69) is 16.3 Å². The topological polar surface area (TPSA) is 33.7 Å². The molecule has 1 unspecified atom stereocenters. The number of nitrogens with zero attached hydrogens (tertiary/aromatic N) is 1. The van der Waals surface area contributed by atoms with Gasteiger partial charge >= 0.3 is 0 Å². The minimum Gasteiger partial charge on any atom is -0.497 e. The van der Waals surface area contributed by atoms with E-state index < -0.39 is 0 Å². The average Bonchev–Trinajstić information content (AvgIpc) is 3.32. The molecule has 1 N–H and O–H groups in total.